The summed E-state index contributed by atoms with van der Waals surface area (Å²) >= 11 is 5.87. The minimum absolute atomic E-state index is 0.0570. The van der Waals surface area contributed by atoms with E-state index in [-0.39, 0.29) is 12.0 Å². The molecule has 24 heavy (non-hydrogen) atoms. The van der Waals surface area contributed by atoms with E-state index in [1.54, 1.807) is 6.07 Å². The van der Waals surface area contributed by atoms with Crippen molar-refractivity contribution in [2.45, 2.75) is 25.9 Å². The maximum absolute atomic E-state index is 12.5. The van der Waals surface area contributed by atoms with E-state index in [0.29, 0.717) is 36.3 Å². The van der Waals surface area contributed by atoms with Gasteiger partial charge in [0.05, 0.1) is 6.61 Å². The van der Waals surface area contributed by atoms with Gasteiger partial charge >= 0.3 is 0 Å². The van der Waals surface area contributed by atoms with Crippen LogP contribution in [0.3, 0.4) is 0 Å². The number of hydrogen-bond acceptors (Lipinski definition) is 4. The molecule has 0 bridgehead atoms. The Balaban J connectivity index is 1.52. The molecule has 0 atom stereocenters. The lowest BCUT2D eigenvalue weighted by molar-refractivity contribution is 0.0590. The van der Waals surface area contributed by atoms with Crippen LogP contribution in [-0.4, -0.2) is 46.8 Å². The van der Waals surface area contributed by atoms with Gasteiger partial charge in [-0.1, -0.05) is 11.6 Å². The number of rotatable bonds is 5. The average Bonchev–Trinajstić information content (AvgIpc) is 3.06. The third kappa shape index (κ3) is 4.00. The maximum atomic E-state index is 12.5. The van der Waals surface area contributed by atoms with Crippen molar-refractivity contribution in [3.63, 3.8) is 0 Å². The first-order valence-corrected chi connectivity index (χ1v) is 8.43. The molecule has 0 unspecified atom stereocenters. The van der Waals surface area contributed by atoms with Crippen LogP contribution in [0.4, 0.5) is 0 Å². The van der Waals surface area contributed by atoms with Crippen molar-refractivity contribution in [1.82, 2.24) is 15.1 Å². The molecular formula is C17H20ClN3O3. The predicted octanol–water partition coefficient (Wildman–Crippen LogP) is 3.15. The molecule has 3 rings (SSSR count). The van der Waals surface area contributed by atoms with Crippen LogP contribution < -0.4 is 9.47 Å². The molecule has 1 aromatic heterocycles. The highest BCUT2D eigenvalue weighted by Gasteiger charge is 2.26. The fourth-order valence-electron chi connectivity index (χ4n) is 2.69. The highest BCUT2D eigenvalue weighted by atomic mass is 35.5. The first-order chi connectivity index (χ1) is 11.7. The molecule has 0 spiro atoms. The Hall–Kier alpha value is -2.21. The van der Waals surface area contributed by atoms with Crippen LogP contribution in [0.2, 0.25) is 5.02 Å². The largest absolute Gasteiger partial charge is 0.490 e. The van der Waals surface area contributed by atoms with Crippen LogP contribution in [0.15, 0.2) is 30.3 Å². The van der Waals surface area contributed by atoms with Gasteiger partial charge in [0.2, 0.25) is 5.88 Å². The second-order valence-corrected chi connectivity index (χ2v) is 6.05. The van der Waals surface area contributed by atoms with Gasteiger partial charge in [0.15, 0.2) is 0 Å². The van der Waals surface area contributed by atoms with Gasteiger partial charge in [0.25, 0.3) is 5.91 Å². The van der Waals surface area contributed by atoms with E-state index >= 15 is 0 Å². The molecule has 1 aliphatic heterocycles. The number of piperidine rings is 1. The molecule has 0 aliphatic carbocycles. The minimum atomic E-state index is -0.0570. The normalized spacial score (nSPS) is 15.3. The average molecular weight is 350 g/mol. The first-order valence-electron chi connectivity index (χ1n) is 8.05. The number of amides is 1. The van der Waals surface area contributed by atoms with E-state index in [9.17, 15) is 4.79 Å². The number of hydrogen-bond donors (Lipinski definition) is 1. The number of benzene rings is 1. The number of nitrogens with zero attached hydrogens (tertiary/aromatic N) is 2. The van der Waals surface area contributed by atoms with Gasteiger partial charge in [-0.25, -0.2) is 0 Å². The Morgan fingerprint density at radius 3 is 2.71 bits per heavy atom. The van der Waals surface area contributed by atoms with Crippen LogP contribution >= 0.6 is 11.6 Å². The quantitative estimate of drug-likeness (QED) is 0.900. The van der Waals surface area contributed by atoms with E-state index in [0.717, 1.165) is 18.6 Å². The number of H-pyrrole nitrogens is 1. The molecule has 7 heteroatoms. The van der Waals surface area contributed by atoms with Crippen molar-refractivity contribution in [3.8, 4) is 11.6 Å². The first kappa shape index (κ1) is 16.6. The molecule has 0 saturated carbocycles. The molecule has 1 saturated heterocycles. The number of ether oxygens (including phenoxy) is 2. The van der Waals surface area contributed by atoms with Gasteiger partial charge in [-0.3, -0.25) is 9.89 Å². The maximum Gasteiger partial charge on any atom is 0.272 e. The summed E-state index contributed by atoms with van der Waals surface area (Å²) in [6.07, 6.45) is 1.69. The predicted molar refractivity (Wildman–Crippen MR) is 90.8 cm³/mol. The second kappa shape index (κ2) is 7.57. The number of aromatic nitrogens is 2. The molecule has 0 radical (unpaired) electrons. The minimum Gasteiger partial charge on any atom is -0.490 e. The lowest BCUT2D eigenvalue weighted by Gasteiger charge is -2.31. The van der Waals surface area contributed by atoms with Crippen molar-refractivity contribution in [2.75, 3.05) is 19.7 Å². The SMILES string of the molecule is CCOc1cc(C(=O)N2CCC(Oc3ccc(Cl)cc3)CC2)[nH]n1. The number of carbonyl (C=O) groups is 1. The summed E-state index contributed by atoms with van der Waals surface area (Å²) in [6, 6.07) is 8.98. The zero-order valence-electron chi connectivity index (χ0n) is 13.5. The molecule has 1 fully saturated rings. The van der Waals surface area contributed by atoms with E-state index in [1.165, 1.54) is 0 Å². The molecule has 1 aliphatic rings. The van der Waals surface area contributed by atoms with Crippen LogP contribution in [-0.2, 0) is 0 Å². The Morgan fingerprint density at radius 1 is 1.33 bits per heavy atom. The zero-order chi connectivity index (χ0) is 16.9. The Labute approximate surface area is 145 Å². The monoisotopic (exact) mass is 349 g/mol. The standard InChI is InChI=1S/C17H20ClN3O3/c1-2-23-16-11-15(19-20-16)17(22)21-9-7-14(8-10-21)24-13-5-3-12(18)4-6-13/h3-6,11,14H,2,7-10H2,1H3,(H,19,20). The molecule has 1 aromatic carbocycles. The topological polar surface area (TPSA) is 67.4 Å². The number of likely N-dealkylation sites (tertiary alicyclic amines) is 1. The summed E-state index contributed by atoms with van der Waals surface area (Å²) in [4.78, 5) is 14.3. The molecule has 6 nitrogen and oxygen atoms in total. The third-order valence-electron chi connectivity index (χ3n) is 3.92. The van der Waals surface area contributed by atoms with Crippen LogP contribution in [0.5, 0.6) is 11.6 Å². The summed E-state index contributed by atoms with van der Waals surface area (Å²) in [5, 5.41) is 7.39. The van der Waals surface area contributed by atoms with E-state index in [4.69, 9.17) is 21.1 Å². The lowest BCUT2D eigenvalue weighted by Crippen LogP contribution is -2.41. The Bertz CT molecular complexity index is 679. The van der Waals surface area contributed by atoms with Crippen LogP contribution in [0.1, 0.15) is 30.3 Å². The van der Waals surface area contributed by atoms with Gasteiger partial charge in [-0.2, -0.15) is 0 Å². The number of nitrogens with one attached hydrogen (secondary N) is 1. The van der Waals surface area contributed by atoms with Crippen molar-refractivity contribution in [2.24, 2.45) is 0 Å². The number of aromatic amines is 1. The van der Waals surface area contributed by atoms with Gasteiger partial charge in [-0.05, 0) is 31.2 Å². The molecule has 2 aromatic rings. The van der Waals surface area contributed by atoms with Crippen molar-refractivity contribution >= 4 is 17.5 Å². The van der Waals surface area contributed by atoms with Gasteiger partial charge in [0, 0.05) is 37.0 Å². The fourth-order valence-corrected chi connectivity index (χ4v) is 2.81. The lowest BCUT2D eigenvalue weighted by atomic mass is 10.1. The van der Waals surface area contributed by atoms with Crippen molar-refractivity contribution in [3.05, 3.63) is 41.0 Å². The molecule has 1 N–H and O–H groups in total. The third-order valence-corrected chi connectivity index (χ3v) is 4.17. The molecule has 128 valence electrons. The highest BCUT2D eigenvalue weighted by molar-refractivity contribution is 6.30. The summed E-state index contributed by atoms with van der Waals surface area (Å²) in [6.45, 7) is 3.70. The summed E-state index contributed by atoms with van der Waals surface area (Å²) < 4.78 is 11.2. The summed E-state index contributed by atoms with van der Waals surface area (Å²) in [5.74, 6) is 1.19. The van der Waals surface area contributed by atoms with Gasteiger partial charge in [-0.15, -0.1) is 5.10 Å². The van der Waals surface area contributed by atoms with E-state index < -0.39 is 0 Å². The summed E-state index contributed by atoms with van der Waals surface area (Å²) in [5.41, 5.74) is 0.454. The Kier molecular flexibility index (Phi) is 5.25. The second-order valence-electron chi connectivity index (χ2n) is 5.62. The Morgan fingerprint density at radius 2 is 2.04 bits per heavy atom. The fraction of sp³-hybridized carbons (Fsp3) is 0.412. The van der Waals surface area contributed by atoms with Crippen molar-refractivity contribution in [1.29, 1.82) is 0 Å². The van der Waals surface area contributed by atoms with E-state index in [1.807, 2.05) is 36.1 Å². The van der Waals surface area contributed by atoms with E-state index in [2.05, 4.69) is 10.2 Å². The molecular weight excluding hydrogens is 330 g/mol. The smallest absolute Gasteiger partial charge is 0.272 e. The van der Waals surface area contributed by atoms with Crippen LogP contribution in [0.25, 0.3) is 0 Å². The number of halogens is 1. The van der Waals surface area contributed by atoms with Gasteiger partial charge in [0.1, 0.15) is 17.5 Å². The van der Waals surface area contributed by atoms with Crippen LogP contribution in [0, 0.1) is 0 Å². The molecule has 2 heterocycles. The van der Waals surface area contributed by atoms with Crippen molar-refractivity contribution < 1.29 is 14.3 Å². The zero-order valence-corrected chi connectivity index (χ0v) is 14.3. The van der Waals surface area contributed by atoms with Gasteiger partial charge < -0.3 is 14.4 Å². The molecule has 1 amide bonds. The summed E-state index contributed by atoms with van der Waals surface area (Å²) in [7, 11) is 0. The highest BCUT2D eigenvalue weighted by Crippen LogP contribution is 2.22. The number of carbonyl (C=O) groups excluding carboxylic acids is 1.